The van der Waals surface area contributed by atoms with Gasteiger partial charge in [-0.05, 0) is 18.2 Å². The fraction of sp³-hybridized carbons (Fsp3) is 0.500. The molecule has 1 aromatic rings. The number of rotatable bonds is 5. The van der Waals surface area contributed by atoms with Gasteiger partial charge in [-0.15, -0.1) is 0 Å². The van der Waals surface area contributed by atoms with Crippen LogP contribution in [-0.2, 0) is 14.8 Å². The van der Waals surface area contributed by atoms with E-state index in [1.54, 1.807) is 0 Å². The summed E-state index contributed by atoms with van der Waals surface area (Å²) in [4.78, 5) is 11.3. The number of amides is 1. The lowest BCUT2D eigenvalue weighted by molar-refractivity contribution is -0.902. The Bertz CT molecular complexity index is 674. The van der Waals surface area contributed by atoms with Gasteiger partial charge < -0.3 is 10.2 Å². The van der Waals surface area contributed by atoms with Crippen molar-refractivity contribution < 1.29 is 26.9 Å². The highest BCUT2D eigenvalue weighted by Crippen LogP contribution is 2.20. The Kier molecular flexibility index (Phi) is 5.66. The normalized spacial score (nSPS) is 17.2. The standard InChI is InChI=1S/C14H19F2N3O3S/c1-11(20)17-4-5-18-6-8-19(9-7-18)23(21,22)14-10-12(15)2-3-13(14)16/h2-3,10H,4-9H2,1H3,(H,17,20)/p+1. The van der Waals surface area contributed by atoms with Crippen molar-refractivity contribution in [1.82, 2.24) is 9.62 Å². The first-order chi connectivity index (χ1) is 10.8. The summed E-state index contributed by atoms with van der Waals surface area (Å²) >= 11 is 0. The van der Waals surface area contributed by atoms with Crippen LogP contribution in [-0.4, -0.2) is 57.9 Å². The van der Waals surface area contributed by atoms with Crippen LogP contribution in [0.4, 0.5) is 8.78 Å². The molecule has 23 heavy (non-hydrogen) atoms. The maximum Gasteiger partial charge on any atom is 0.246 e. The topological polar surface area (TPSA) is 70.9 Å². The molecular weight excluding hydrogens is 328 g/mol. The molecule has 0 aliphatic carbocycles. The number of nitrogens with zero attached hydrogens (tertiary/aromatic N) is 1. The number of carbonyl (C=O) groups excluding carboxylic acids is 1. The maximum absolute atomic E-state index is 13.7. The van der Waals surface area contributed by atoms with Crippen molar-refractivity contribution in [3.8, 4) is 0 Å². The second-order valence-corrected chi connectivity index (χ2v) is 7.37. The molecule has 0 bridgehead atoms. The van der Waals surface area contributed by atoms with Gasteiger partial charge >= 0.3 is 0 Å². The van der Waals surface area contributed by atoms with Gasteiger partial charge in [0.2, 0.25) is 15.9 Å². The number of nitrogens with one attached hydrogen (secondary N) is 2. The van der Waals surface area contributed by atoms with Gasteiger partial charge in [0.25, 0.3) is 0 Å². The zero-order valence-corrected chi connectivity index (χ0v) is 13.6. The number of hydrogen-bond donors (Lipinski definition) is 2. The zero-order chi connectivity index (χ0) is 17.0. The molecule has 0 atom stereocenters. The largest absolute Gasteiger partial charge is 0.351 e. The molecule has 1 aromatic carbocycles. The molecule has 0 aromatic heterocycles. The van der Waals surface area contributed by atoms with Crippen LogP contribution in [0.3, 0.4) is 0 Å². The molecule has 0 radical (unpaired) electrons. The lowest BCUT2D eigenvalue weighted by Gasteiger charge is -2.31. The maximum atomic E-state index is 13.7. The Morgan fingerprint density at radius 2 is 1.96 bits per heavy atom. The average molecular weight is 348 g/mol. The zero-order valence-electron chi connectivity index (χ0n) is 12.8. The van der Waals surface area contributed by atoms with Crippen molar-refractivity contribution in [2.45, 2.75) is 11.8 Å². The van der Waals surface area contributed by atoms with Crippen molar-refractivity contribution >= 4 is 15.9 Å². The Morgan fingerprint density at radius 3 is 2.57 bits per heavy atom. The van der Waals surface area contributed by atoms with E-state index in [1.807, 2.05) is 0 Å². The van der Waals surface area contributed by atoms with Crippen LogP contribution >= 0.6 is 0 Å². The van der Waals surface area contributed by atoms with E-state index in [1.165, 1.54) is 11.2 Å². The fourth-order valence-electron chi connectivity index (χ4n) is 2.52. The van der Waals surface area contributed by atoms with Crippen LogP contribution in [0.2, 0.25) is 0 Å². The summed E-state index contributed by atoms with van der Waals surface area (Å²) in [5, 5.41) is 2.69. The van der Waals surface area contributed by atoms with Crippen LogP contribution in [0.1, 0.15) is 6.92 Å². The van der Waals surface area contributed by atoms with E-state index in [-0.39, 0.29) is 19.0 Å². The molecule has 1 aliphatic heterocycles. The SMILES string of the molecule is CC(=O)NCC[NH+]1CCN(S(=O)(=O)c2cc(F)ccc2F)CC1. The Balaban J connectivity index is 1.98. The van der Waals surface area contributed by atoms with Crippen molar-refractivity contribution in [2.75, 3.05) is 39.3 Å². The molecule has 1 heterocycles. The predicted octanol–water partition coefficient (Wildman–Crippen LogP) is -1.01. The third-order valence-electron chi connectivity index (χ3n) is 3.79. The number of quaternary nitrogens is 1. The van der Waals surface area contributed by atoms with Crippen molar-refractivity contribution in [3.05, 3.63) is 29.8 Å². The number of hydrogen-bond acceptors (Lipinski definition) is 3. The van der Waals surface area contributed by atoms with Gasteiger partial charge in [-0.3, -0.25) is 4.79 Å². The first kappa shape index (κ1) is 17.8. The molecular formula is C14H20F2N3O3S+. The summed E-state index contributed by atoms with van der Waals surface area (Å²) in [7, 11) is -4.04. The van der Waals surface area contributed by atoms with E-state index in [2.05, 4.69) is 5.32 Å². The minimum absolute atomic E-state index is 0.104. The molecule has 2 N–H and O–H groups in total. The Labute approximate surface area is 134 Å². The highest BCUT2D eigenvalue weighted by molar-refractivity contribution is 7.89. The van der Waals surface area contributed by atoms with Crippen LogP contribution in [0.25, 0.3) is 0 Å². The fourth-order valence-corrected chi connectivity index (χ4v) is 4.04. The number of benzene rings is 1. The highest BCUT2D eigenvalue weighted by atomic mass is 32.2. The molecule has 0 spiro atoms. The minimum atomic E-state index is -4.04. The molecule has 1 aliphatic rings. The summed E-state index contributed by atoms with van der Waals surface area (Å²) in [6.45, 7) is 4.22. The Morgan fingerprint density at radius 1 is 1.30 bits per heavy atom. The molecule has 1 saturated heterocycles. The van der Waals surface area contributed by atoms with E-state index >= 15 is 0 Å². The summed E-state index contributed by atoms with van der Waals surface area (Å²) < 4.78 is 53.0. The summed E-state index contributed by atoms with van der Waals surface area (Å²) in [5.41, 5.74) is 0. The second kappa shape index (κ2) is 7.33. The van der Waals surface area contributed by atoms with E-state index in [0.717, 1.165) is 17.0 Å². The van der Waals surface area contributed by atoms with E-state index in [4.69, 9.17) is 0 Å². The molecule has 1 fully saturated rings. The Hall–Kier alpha value is -1.58. The molecule has 0 unspecified atom stereocenters. The molecule has 9 heteroatoms. The molecule has 1 amide bonds. The van der Waals surface area contributed by atoms with E-state index < -0.39 is 26.6 Å². The van der Waals surface area contributed by atoms with Crippen LogP contribution in [0.5, 0.6) is 0 Å². The third kappa shape index (κ3) is 4.46. The quantitative estimate of drug-likeness (QED) is 0.716. The van der Waals surface area contributed by atoms with Gasteiger partial charge in [0.05, 0.1) is 39.3 Å². The van der Waals surface area contributed by atoms with Crippen molar-refractivity contribution in [2.24, 2.45) is 0 Å². The number of piperazine rings is 1. The van der Waals surface area contributed by atoms with Crippen molar-refractivity contribution in [3.63, 3.8) is 0 Å². The van der Waals surface area contributed by atoms with Crippen LogP contribution in [0.15, 0.2) is 23.1 Å². The van der Waals surface area contributed by atoms with E-state index in [0.29, 0.717) is 32.2 Å². The monoisotopic (exact) mass is 348 g/mol. The van der Waals surface area contributed by atoms with Gasteiger partial charge in [0.1, 0.15) is 16.5 Å². The highest BCUT2D eigenvalue weighted by Gasteiger charge is 2.32. The first-order valence-corrected chi connectivity index (χ1v) is 8.78. The molecule has 6 nitrogen and oxygen atoms in total. The molecule has 0 saturated carbocycles. The smallest absolute Gasteiger partial charge is 0.246 e. The molecule has 128 valence electrons. The number of sulfonamides is 1. The summed E-state index contributed by atoms with van der Waals surface area (Å²) in [5.74, 6) is -1.84. The second-order valence-electron chi connectivity index (χ2n) is 5.46. The lowest BCUT2D eigenvalue weighted by Crippen LogP contribution is -3.15. The number of halogens is 2. The van der Waals surface area contributed by atoms with Crippen molar-refractivity contribution in [1.29, 1.82) is 0 Å². The number of carbonyl (C=O) groups is 1. The van der Waals surface area contributed by atoms with Gasteiger partial charge in [0.15, 0.2) is 0 Å². The van der Waals surface area contributed by atoms with Gasteiger partial charge in [0, 0.05) is 6.92 Å². The van der Waals surface area contributed by atoms with E-state index in [9.17, 15) is 22.0 Å². The van der Waals surface area contributed by atoms with Gasteiger partial charge in [-0.2, -0.15) is 4.31 Å². The third-order valence-corrected chi connectivity index (χ3v) is 5.71. The predicted molar refractivity (Wildman–Crippen MR) is 79.4 cm³/mol. The van der Waals surface area contributed by atoms with Crippen LogP contribution in [0, 0.1) is 11.6 Å². The van der Waals surface area contributed by atoms with Crippen LogP contribution < -0.4 is 10.2 Å². The summed E-state index contributed by atoms with van der Waals surface area (Å²) in [6.07, 6.45) is 0. The minimum Gasteiger partial charge on any atom is -0.351 e. The summed E-state index contributed by atoms with van der Waals surface area (Å²) in [6, 6.07) is 2.41. The first-order valence-electron chi connectivity index (χ1n) is 7.34. The average Bonchev–Trinajstić information content (AvgIpc) is 2.50. The lowest BCUT2D eigenvalue weighted by atomic mass is 10.3. The van der Waals surface area contributed by atoms with Gasteiger partial charge in [-0.25, -0.2) is 17.2 Å². The van der Waals surface area contributed by atoms with Gasteiger partial charge in [-0.1, -0.05) is 0 Å². The molecule has 2 rings (SSSR count).